The van der Waals surface area contributed by atoms with E-state index < -0.39 is 0 Å². The van der Waals surface area contributed by atoms with Crippen molar-refractivity contribution in [3.05, 3.63) is 41.9 Å². The molecule has 1 fully saturated rings. The van der Waals surface area contributed by atoms with Gasteiger partial charge in [0, 0.05) is 50.1 Å². The third kappa shape index (κ3) is 3.55. The molecule has 4 rings (SSSR count). The van der Waals surface area contributed by atoms with Crippen molar-refractivity contribution in [2.75, 3.05) is 13.1 Å². The van der Waals surface area contributed by atoms with E-state index in [1.807, 2.05) is 40.3 Å². The third-order valence-electron chi connectivity index (χ3n) is 4.98. The van der Waals surface area contributed by atoms with E-state index in [0.29, 0.717) is 11.1 Å². The molecule has 0 spiro atoms. The van der Waals surface area contributed by atoms with Gasteiger partial charge in [-0.05, 0) is 37.0 Å². The number of likely N-dealkylation sites (tertiary alicyclic amines) is 1. The van der Waals surface area contributed by atoms with Crippen molar-refractivity contribution >= 4 is 28.5 Å². The maximum Gasteiger partial charge on any atom is 0.219 e. The normalized spacial score (nSPS) is 15.5. The fraction of sp³-hybridized carbons (Fsp3) is 0.368. The summed E-state index contributed by atoms with van der Waals surface area (Å²) in [6.45, 7) is 4.20. The van der Waals surface area contributed by atoms with Crippen molar-refractivity contribution in [1.29, 1.82) is 0 Å². The summed E-state index contributed by atoms with van der Waals surface area (Å²) in [7, 11) is 0. The second-order valence-electron chi connectivity index (χ2n) is 6.80. The molecule has 0 atom stereocenters. The molecule has 4 heterocycles. The Morgan fingerprint density at radius 3 is 2.77 bits per heavy atom. The first-order valence-electron chi connectivity index (χ1n) is 8.79. The summed E-state index contributed by atoms with van der Waals surface area (Å²) in [6, 6.07) is 5.60. The Morgan fingerprint density at radius 2 is 2.00 bits per heavy atom. The van der Waals surface area contributed by atoms with E-state index in [-0.39, 0.29) is 5.91 Å². The molecular weight excluding hydrogens is 350 g/mol. The van der Waals surface area contributed by atoms with Crippen LogP contribution >= 0.6 is 11.6 Å². The van der Waals surface area contributed by atoms with Crippen molar-refractivity contribution in [3.8, 4) is 11.1 Å². The highest BCUT2D eigenvalue weighted by molar-refractivity contribution is 6.29. The lowest BCUT2D eigenvalue weighted by atomic mass is 9.97. The van der Waals surface area contributed by atoms with Gasteiger partial charge in [0.05, 0.1) is 17.2 Å². The molecule has 1 aliphatic rings. The molecule has 0 radical (unpaired) electrons. The quantitative estimate of drug-likeness (QED) is 0.664. The first-order chi connectivity index (χ1) is 12.6. The number of rotatable bonds is 3. The third-order valence-corrected chi connectivity index (χ3v) is 5.19. The van der Waals surface area contributed by atoms with Crippen LogP contribution in [0.25, 0.3) is 22.2 Å². The van der Waals surface area contributed by atoms with Crippen LogP contribution in [0.15, 0.2) is 36.8 Å². The number of hydrogen-bond donors (Lipinski definition) is 0. The Kier molecular flexibility index (Phi) is 4.59. The summed E-state index contributed by atoms with van der Waals surface area (Å²) in [5.74, 6) is 0.718. The molecule has 134 valence electrons. The smallest absolute Gasteiger partial charge is 0.219 e. The van der Waals surface area contributed by atoms with Crippen LogP contribution in [0.3, 0.4) is 0 Å². The predicted molar refractivity (Wildman–Crippen MR) is 101 cm³/mol. The minimum atomic E-state index is 0.169. The minimum absolute atomic E-state index is 0.169. The number of piperidine rings is 1. The monoisotopic (exact) mass is 369 g/mol. The average Bonchev–Trinajstić information content (AvgIpc) is 3.10. The maximum atomic E-state index is 11.4. The summed E-state index contributed by atoms with van der Waals surface area (Å²) in [5.41, 5.74) is 3.59. The first kappa shape index (κ1) is 17.0. The molecule has 0 N–H and O–H groups in total. The highest BCUT2D eigenvalue weighted by Crippen LogP contribution is 2.24. The summed E-state index contributed by atoms with van der Waals surface area (Å²) in [5, 5.41) is 4.96. The summed E-state index contributed by atoms with van der Waals surface area (Å²) < 4.78 is 1.99. The van der Waals surface area contributed by atoms with Gasteiger partial charge in [-0.3, -0.25) is 14.5 Å². The first-order valence-corrected chi connectivity index (χ1v) is 9.17. The second kappa shape index (κ2) is 7.03. The lowest BCUT2D eigenvalue weighted by Gasteiger charge is -2.31. The lowest BCUT2D eigenvalue weighted by molar-refractivity contribution is -0.130. The van der Waals surface area contributed by atoms with Gasteiger partial charge in [-0.1, -0.05) is 11.6 Å². The number of aromatic nitrogens is 4. The largest absolute Gasteiger partial charge is 0.343 e. The molecule has 0 unspecified atom stereocenters. The van der Waals surface area contributed by atoms with Gasteiger partial charge in [0.15, 0.2) is 0 Å². The van der Waals surface area contributed by atoms with Gasteiger partial charge in [0.2, 0.25) is 5.91 Å². The van der Waals surface area contributed by atoms with Gasteiger partial charge in [-0.2, -0.15) is 5.10 Å². The lowest BCUT2D eigenvalue weighted by Crippen LogP contribution is -2.38. The van der Waals surface area contributed by atoms with Crippen molar-refractivity contribution in [1.82, 2.24) is 24.6 Å². The van der Waals surface area contributed by atoms with E-state index in [0.717, 1.165) is 54.6 Å². The molecule has 1 amide bonds. The van der Waals surface area contributed by atoms with Crippen molar-refractivity contribution in [3.63, 3.8) is 0 Å². The van der Waals surface area contributed by atoms with E-state index in [2.05, 4.69) is 15.1 Å². The molecule has 6 nitrogen and oxygen atoms in total. The van der Waals surface area contributed by atoms with Gasteiger partial charge in [0.25, 0.3) is 0 Å². The standard InChI is InChI=1S/C19H20ClN5O/c1-13(26)24-6-4-14(5-7-24)11-25-12-16(10-22-25)15-8-18-17(21-9-15)2-3-19(20)23-18/h2-3,8-10,12,14H,4-7,11H2,1H3. The van der Waals surface area contributed by atoms with Crippen molar-refractivity contribution < 1.29 is 4.79 Å². The highest BCUT2D eigenvalue weighted by atomic mass is 35.5. The van der Waals surface area contributed by atoms with Crippen LogP contribution < -0.4 is 0 Å². The second-order valence-corrected chi connectivity index (χ2v) is 7.18. The number of hydrogen-bond acceptors (Lipinski definition) is 4. The van der Waals surface area contributed by atoms with Gasteiger partial charge < -0.3 is 4.90 Å². The maximum absolute atomic E-state index is 11.4. The van der Waals surface area contributed by atoms with E-state index >= 15 is 0 Å². The zero-order chi connectivity index (χ0) is 18.1. The molecule has 3 aromatic rings. The van der Waals surface area contributed by atoms with Crippen LogP contribution in [0.5, 0.6) is 0 Å². The fourth-order valence-electron chi connectivity index (χ4n) is 3.45. The van der Waals surface area contributed by atoms with E-state index in [1.165, 1.54) is 0 Å². The molecule has 26 heavy (non-hydrogen) atoms. The van der Waals surface area contributed by atoms with Crippen LogP contribution in [0.1, 0.15) is 19.8 Å². The summed E-state index contributed by atoms with van der Waals surface area (Å²) in [6.07, 6.45) is 7.79. The molecule has 1 aliphatic heterocycles. The van der Waals surface area contributed by atoms with Gasteiger partial charge in [-0.15, -0.1) is 0 Å². The molecule has 1 saturated heterocycles. The predicted octanol–water partition coefficient (Wildman–Crippen LogP) is 3.41. The average molecular weight is 370 g/mol. The number of pyridine rings is 2. The zero-order valence-electron chi connectivity index (χ0n) is 14.6. The van der Waals surface area contributed by atoms with Gasteiger partial charge in [0.1, 0.15) is 5.15 Å². The zero-order valence-corrected chi connectivity index (χ0v) is 15.4. The highest BCUT2D eigenvalue weighted by Gasteiger charge is 2.21. The molecule has 0 aromatic carbocycles. The Hall–Kier alpha value is -2.47. The molecule has 0 saturated carbocycles. The Labute approximate surface area is 156 Å². The van der Waals surface area contributed by atoms with Crippen LogP contribution in [0.2, 0.25) is 5.15 Å². The van der Waals surface area contributed by atoms with Crippen molar-refractivity contribution in [2.24, 2.45) is 5.92 Å². The topological polar surface area (TPSA) is 63.9 Å². The number of carbonyl (C=O) groups excluding carboxylic acids is 1. The summed E-state index contributed by atoms with van der Waals surface area (Å²) >= 11 is 5.98. The number of nitrogens with zero attached hydrogens (tertiary/aromatic N) is 5. The molecule has 0 aliphatic carbocycles. The molecule has 0 bridgehead atoms. The number of halogens is 1. The van der Waals surface area contributed by atoms with E-state index in [4.69, 9.17) is 11.6 Å². The SMILES string of the molecule is CC(=O)N1CCC(Cn2cc(-c3cnc4ccc(Cl)nc4c3)cn2)CC1. The fourth-order valence-corrected chi connectivity index (χ4v) is 3.60. The number of amides is 1. The molecule has 3 aromatic heterocycles. The van der Waals surface area contributed by atoms with Crippen LogP contribution in [0, 0.1) is 5.92 Å². The van der Waals surface area contributed by atoms with E-state index in [1.54, 1.807) is 13.0 Å². The van der Waals surface area contributed by atoms with Gasteiger partial charge >= 0.3 is 0 Å². The number of fused-ring (bicyclic) bond motifs is 1. The van der Waals surface area contributed by atoms with Crippen LogP contribution in [-0.2, 0) is 11.3 Å². The van der Waals surface area contributed by atoms with Crippen LogP contribution in [-0.4, -0.2) is 43.6 Å². The Morgan fingerprint density at radius 1 is 1.19 bits per heavy atom. The van der Waals surface area contributed by atoms with Gasteiger partial charge in [-0.25, -0.2) is 4.98 Å². The molecule has 7 heteroatoms. The summed E-state index contributed by atoms with van der Waals surface area (Å²) in [4.78, 5) is 22.1. The molecular formula is C19H20ClN5O. The number of carbonyl (C=O) groups is 1. The minimum Gasteiger partial charge on any atom is -0.343 e. The van der Waals surface area contributed by atoms with Crippen LogP contribution in [0.4, 0.5) is 0 Å². The Balaban J connectivity index is 1.47. The van der Waals surface area contributed by atoms with Crippen molar-refractivity contribution in [2.45, 2.75) is 26.3 Å². The Bertz CT molecular complexity index is 946. The van der Waals surface area contributed by atoms with E-state index in [9.17, 15) is 4.79 Å².